The van der Waals surface area contributed by atoms with Crippen LogP contribution in [0.1, 0.15) is 26.7 Å². The molecule has 16 heavy (non-hydrogen) atoms. The van der Waals surface area contributed by atoms with E-state index in [-0.39, 0.29) is 0 Å². The van der Waals surface area contributed by atoms with Crippen LogP contribution in [-0.4, -0.2) is 60.5 Å². The van der Waals surface area contributed by atoms with Gasteiger partial charge in [0.15, 0.2) is 0 Å². The van der Waals surface area contributed by atoms with Crippen LogP contribution in [0.25, 0.3) is 0 Å². The predicted molar refractivity (Wildman–Crippen MR) is 64.3 cm³/mol. The molecule has 1 amide bonds. The van der Waals surface area contributed by atoms with Crippen LogP contribution in [0.5, 0.6) is 0 Å². The standard InChI is InChI=1S/C12H23N3O/c1-10(2)13-5-6-14-7-8-15-11(9-14)3-4-12(15)16/h10-11,13H,3-9H2,1-2H3. The molecule has 0 radical (unpaired) electrons. The first-order valence-electron chi connectivity index (χ1n) is 6.42. The van der Waals surface area contributed by atoms with Crippen molar-refractivity contribution in [2.45, 2.75) is 38.8 Å². The zero-order valence-corrected chi connectivity index (χ0v) is 10.4. The van der Waals surface area contributed by atoms with Crippen molar-refractivity contribution in [3.05, 3.63) is 0 Å². The fraction of sp³-hybridized carbons (Fsp3) is 0.917. The number of fused-ring (bicyclic) bond motifs is 1. The summed E-state index contributed by atoms with van der Waals surface area (Å²) in [7, 11) is 0. The summed E-state index contributed by atoms with van der Waals surface area (Å²) in [5.74, 6) is 0.366. The molecule has 2 fully saturated rings. The van der Waals surface area contributed by atoms with Crippen molar-refractivity contribution < 1.29 is 4.79 Å². The summed E-state index contributed by atoms with van der Waals surface area (Å²) in [5.41, 5.74) is 0. The van der Waals surface area contributed by atoms with Crippen molar-refractivity contribution in [2.75, 3.05) is 32.7 Å². The van der Waals surface area contributed by atoms with Gasteiger partial charge >= 0.3 is 0 Å². The van der Waals surface area contributed by atoms with E-state index in [1.807, 2.05) is 0 Å². The molecule has 0 bridgehead atoms. The Morgan fingerprint density at radius 2 is 2.25 bits per heavy atom. The van der Waals surface area contributed by atoms with Crippen LogP contribution < -0.4 is 5.32 Å². The molecular weight excluding hydrogens is 202 g/mol. The summed E-state index contributed by atoms with van der Waals surface area (Å²) in [6, 6.07) is 1.06. The first-order chi connectivity index (χ1) is 7.66. The average Bonchev–Trinajstić information content (AvgIpc) is 2.60. The van der Waals surface area contributed by atoms with Gasteiger partial charge in [-0.25, -0.2) is 0 Å². The Labute approximate surface area is 98.0 Å². The molecular formula is C12H23N3O. The SMILES string of the molecule is CC(C)NCCN1CCN2C(=O)CCC2C1. The second-order valence-corrected chi connectivity index (χ2v) is 5.19. The molecule has 0 aromatic heterocycles. The maximum Gasteiger partial charge on any atom is 0.222 e. The van der Waals surface area contributed by atoms with Gasteiger partial charge in [0, 0.05) is 51.2 Å². The number of amides is 1. The van der Waals surface area contributed by atoms with Crippen LogP contribution in [0, 0.1) is 0 Å². The normalized spacial score (nSPS) is 26.6. The first kappa shape index (κ1) is 11.9. The molecule has 1 N–H and O–H groups in total. The van der Waals surface area contributed by atoms with Crippen molar-refractivity contribution >= 4 is 5.91 Å². The summed E-state index contributed by atoms with van der Waals surface area (Å²) in [4.78, 5) is 16.1. The van der Waals surface area contributed by atoms with Crippen LogP contribution in [0.3, 0.4) is 0 Å². The first-order valence-corrected chi connectivity index (χ1v) is 6.42. The summed E-state index contributed by atoms with van der Waals surface area (Å²) < 4.78 is 0. The molecule has 0 aromatic rings. The fourth-order valence-corrected chi connectivity index (χ4v) is 2.64. The Kier molecular flexibility index (Phi) is 3.82. The topological polar surface area (TPSA) is 35.6 Å². The van der Waals surface area contributed by atoms with Crippen LogP contribution in [0.2, 0.25) is 0 Å². The lowest BCUT2D eigenvalue weighted by atomic mass is 10.1. The summed E-state index contributed by atoms with van der Waals surface area (Å²) in [6.07, 6.45) is 1.83. The van der Waals surface area contributed by atoms with Crippen molar-refractivity contribution in [3.63, 3.8) is 0 Å². The van der Waals surface area contributed by atoms with Gasteiger partial charge in [0.05, 0.1) is 0 Å². The third-order valence-corrected chi connectivity index (χ3v) is 3.56. The molecule has 4 heteroatoms. The van der Waals surface area contributed by atoms with Crippen LogP contribution in [0.4, 0.5) is 0 Å². The summed E-state index contributed by atoms with van der Waals surface area (Å²) in [5, 5.41) is 3.44. The molecule has 2 rings (SSSR count). The van der Waals surface area contributed by atoms with Gasteiger partial charge in [-0.1, -0.05) is 13.8 Å². The molecule has 2 aliphatic heterocycles. The largest absolute Gasteiger partial charge is 0.337 e. The smallest absolute Gasteiger partial charge is 0.222 e. The van der Waals surface area contributed by atoms with E-state index in [4.69, 9.17) is 0 Å². The average molecular weight is 225 g/mol. The predicted octanol–water partition coefficient (Wildman–Crippen LogP) is 0.291. The highest BCUT2D eigenvalue weighted by molar-refractivity contribution is 5.78. The minimum absolute atomic E-state index is 0.366. The maximum atomic E-state index is 11.5. The number of hydrogen-bond acceptors (Lipinski definition) is 3. The van der Waals surface area contributed by atoms with Crippen LogP contribution in [-0.2, 0) is 4.79 Å². The second-order valence-electron chi connectivity index (χ2n) is 5.19. The number of carbonyl (C=O) groups is 1. The Bertz CT molecular complexity index is 255. The van der Waals surface area contributed by atoms with Gasteiger partial charge in [-0.3, -0.25) is 9.69 Å². The van der Waals surface area contributed by atoms with E-state index in [2.05, 4.69) is 29.0 Å². The van der Waals surface area contributed by atoms with Gasteiger partial charge in [0.25, 0.3) is 0 Å². The molecule has 4 nitrogen and oxygen atoms in total. The van der Waals surface area contributed by atoms with Gasteiger partial charge in [0.2, 0.25) is 5.91 Å². The zero-order valence-electron chi connectivity index (χ0n) is 10.4. The van der Waals surface area contributed by atoms with E-state index in [0.717, 1.165) is 45.6 Å². The Balaban J connectivity index is 1.72. The van der Waals surface area contributed by atoms with E-state index < -0.39 is 0 Å². The molecule has 2 aliphatic rings. The molecule has 0 spiro atoms. The number of nitrogens with zero attached hydrogens (tertiary/aromatic N) is 2. The second kappa shape index (κ2) is 5.15. The van der Waals surface area contributed by atoms with Crippen molar-refractivity contribution in [2.24, 2.45) is 0 Å². The van der Waals surface area contributed by atoms with E-state index in [1.54, 1.807) is 0 Å². The fourth-order valence-electron chi connectivity index (χ4n) is 2.64. The highest BCUT2D eigenvalue weighted by Crippen LogP contribution is 2.22. The number of hydrogen-bond donors (Lipinski definition) is 1. The van der Waals surface area contributed by atoms with Crippen LogP contribution in [0.15, 0.2) is 0 Å². The molecule has 0 saturated carbocycles. The molecule has 92 valence electrons. The third kappa shape index (κ3) is 2.74. The minimum Gasteiger partial charge on any atom is -0.337 e. The third-order valence-electron chi connectivity index (χ3n) is 3.56. The maximum absolute atomic E-state index is 11.5. The molecule has 1 atom stereocenters. The van der Waals surface area contributed by atoms with Crippen molar-refractivity contribution in [1.29, 1.82) is 0 Å². The van der Waals surface area contributed by atoms with E-state index >= 15 is 0 Å². The number of nitrogens with one attached hydrogen (secondary N) is 1. The molecule has 1 unspecified atom stereocenters. The number of piperazine rings is 1. The number of carbonyl (C=O) groups excluding carboxylic acids is 1. The van der Waals surface area contributed by atoms with Crippen molar-refractivity contribution in [3.8, 4) is 0 Å². The van der Waals surface area contributed by atoms with Gasteiger partial charge in [-0.05, 0) is 6.42 Å². The van der Waals surface area contributed by atoms with Gasteiger partial charge in [0.1, 0.15) is 0 Å². The monoisotopic (exact) mass is 225 g/mol. The highest BCUT2D eigenvalue weighted by atomic mass is 16.2. The lowest BCUT2D eigenvalue weighted by molar-refractivity contribution is -0.130. The van der Waals surface area contributed by atoms with E-state index in [1.165, 1.54) is 0 Å². The summed E-state index contributed by atoms with van der Waals surface area (Å²) in [6.45, 7) is 9.56. The minimum atomic E-state index is 0.366. The van der Waals surface area contributed by atoms with Crippen molar-refractivity contribution in [1.82, 2.24) is 15.1 Å². The van der Waals surface area contributed by atoms with Crippen LogP contribution >= 0.6 is 0 Å². The summed E-state index contributed by atoms with van der Waals surface area (Å²) >= 11 is 0. The zero-order chi connectivity index (χ0) is 11.5. The lowest BCUT2D eigenvalue weighted by Crippen LogP contribution is -2.52. The molecule has 0 aromatic carbocycles. The van der Waals surface area contributed by atoms with Gasteiger partial charge in [-0.2, -0.15) is 0 Å². The number of rotatable bonds is 4. The van der Waals surface area contributed by atoms with Gasteiger partial charge in [-0.15, -0.1) is 0 Å². The Morgan fingerprint density at radius 3 is 3.00 bits per heavy atom. The Hall–Kier alpha value is -0.610. The molecule has 0 aliphatic carbocycles. The molecule has 2 saturated heterocycles. The highest BCUT2D eigenvalue weighted by Gasteiger charge is 2.34. The lowest BCUT2D eigenvalue weighted by Gasteiger charge is -2.37. The Morgan fingerprint density at radius 1 is 1.44 bits per heavy atom. The van der Waals surface area contributed by atoms with E-state index in [0.29, 0.717) is 18.0 Å². The molecule has 2 heterocycles. The van der Waals surface area contributed by atoms with E-state index in [9.17, 15) is 4.79 Å². The quantitative estimate of drug-likeness (QED) is 0.747. The van der Waals surface area contributed by atoms with Gasteiger partial charge < -0.3 is 10.2 Å².